The lowest BCUT2D eigenvalue weighted by atomic mass is 10.1. The zero-order chi connectivity index (χ0) is 12.8. The van der Waals surface area contributed by atoms with E-state index < -0.39 is 12.0 Å². The molecule has 4 heteroatoms. The zero-order valence-electron chi connectivity index (χ0n) is 10.5. The van der Waals surface area contributed by atoms with Crippen LogP contribution in [-0.2, 0) is 11.2 Å². The maximum atomic E-state index is 11.0. The van der Waals surface area contributed by atoms with Gasteiger partial charge in [-0.2, -0.15) is 0 Å². The Hall–Kier alpha value is -1.55. The number of rotatable bonds is 6. The molecule has 0 aliphatic heterocycles. The number of carboxylic acid groups (broad SMARTS) is 1. The van der Waals surface area contributed by atoms with Gasteiger partial charge in [-0.05, 0) is 45.1 Å². The van der Waals surface area contributed by atoms with Crippen LogP contribution in [0, 0.1) is 0 Å². The van der Waals surface area contributed by atoms with Crippen molar-refractivity contribution in [1.29, 1.82) is 0 Å². The highest BCUT2D eigenvalue weighted by Gasteiger charge is 2.19. The third-order valence-electron chi connectivity index (χ3n) is 2.57. The van der Waals surface area contributed by atoms with E-state index in [0.29, 0.717) is 13.0 Å². The first-order chi connectivity index (χ1) is 8.04. The second-order valence-electron chi connectivity index (χ2n) is 4.10. The fourth-order valence-electron chi connectivity index (χ4n) is 1.60. The van der Waals surface area contributed by atoms with Gasteiger partial charge in [-0.15, -0.1) is 0 Å². The van der Waals surface area contributed by atoms with Crippen molar-refractivity contribution in [2.75, 3.05) is 20.7 Å². The summed E-state index contributed by atoms with van der Waals surface area (Å²) in [7, 11) is 3.54. The largest absolute Gasteiger partial charge is 0.494 e. The highest BCUT2D eigenvalue weighted by Crippen LogP contribution is 2.14. The molecule has 4 nitrogen and oxygen atoms in total. The molecule has 1 atom stereocenters. The Kier molecular flexibility index (Phi) is 4.97. The lowest BCUT2D eigenvalue weighted by molar-refractivity contribution is -0.142. The molecule has 0 bridgehead atoms. The molecule has 94 valence electrons. The first-order valence-electron chi connectivity index (χ1n) is 5.65. The van der Waals surface area contributed by atoms with Crippen LogP contribution in [0.2, 0.25) is 0 Å². The molecule has 0 aliphatic carbocycles. The van der Waals surface area contributed by atoms with Gasteiger partial charge in [-0.3, -0.25) is 9.69 Å². The molecular formula is C13H19NO3. The van der Waals surface area contributed by atoms with Crippen molar-refractivity contribution in [3.05, 3.63) is 29.8 Å². The summed E-state index contributed by atoms with van der Waals surface area (Å²) in [5, 5.41) is 9.08. The maximum absolute atomic E-state index is 11.0. The molecule has 1 rings (SSSR count). The molecule has 0 saturated carbocycles. The molecule has 1 N–H and O–H groups in total. The Bertz CT molecular complexity index is 359. The summed E-state index contributed by atoms with van der Waals surface area (Å²) >= 11 is 0. The Balaban J connectivity index is 2.70. The molecule has 0 saturated heterocycles. The van der Waals surface area contributed by atoms with Crippen LogP contribution in [0.5, 0.6) is 5.75 Å². The van der Waals surface area contributed by atoms with Crippen LogP contribution in [0.25, 0.3) is 0 Å². The van der Waals surface area contributed by atoms with E-state index in [1.807, 2.05) is 31.2 Å². The lowest BCUT2D eigenvalue weighted by Gasteiger charge is -2.19. The number of aliphatic carboxylic acids is 1. The van der Waals surface area contributed by atoms with Crippen molar-refractivity contribution in [2.45, 2.75) is 19.4 Å². The van der Waals surface area contributed by atoms with Crippen molar-refractivity contribution in [1.82, 2.24) is 4.90 Å². The van der Waals surface area contributed by atoms with E-state index in [9.17, 15) is 4.79 Å². The van der Waals surface area contributed by atoms with Crippen LogP contribution < -0.4 is 4.74 Å². The van der Waals surface area contributed by atoms with E-state index in [2.05, 4.69) is 0 Å². The quantitative estimate of drug-likeness (QED) is 0.817. The molecule has 0 spiro atoms. The van der Waals surface area contributed by atoms with Crippen LogP contribution in [0.4, 0.5) is 0 Å². The fraction of sp³-hybridized carbons (Fsp3) is 0.462. The predicted molar refractivity (Wildman–Crippen MR) is 66.4 cm³/mol. The summed E-state index contributed by atoms with van der Waals surface area (Å²) < 4.78 is 5.33. The van der Waals surface area contributed by atoms with Gasteiger partial charge in [0.25, 0.3) is 0 Å². The number of ether oxygens (including phenoxy) is 1. The third-order valence-corrected chi connectivity index (χ3v) is 2.57. The topological polar surface area (TPSA) is 49.8 Å². The van der Waals surface area contributed by atoms with Crippen molar-refractivity contribution in [3.63, 3.8) is 0 Å². The van der Waals surface area contributed by atoms with Gasteiger partial charge in [0.2, 0.25) is 0 Å². The molecule has 0 unspecified atom stereocenters. The predicted octanol–water partition coefficient (Wildman–Crippen LogP) is 1.64. The second-order valence-corrected chi connectivity index (χ2v) is 4.10. The average Bonchev–Trinajstić information content (AvgIpc) is 2.27. The van der Waals surface area contributed by atoms with Crippen molar-refractivity contribution < 1.29 is 14.6 Å². The third kappa shape index (κ3) is 4.07. The SMILES string of the molecule is CCOc1ccc(C[C@H](C(=O)O)N(C)C)cc1. The summed E-state index contributed by atoms with van der Waals surface area (Å²) in [6.07, 6.45) is 0.495. The van der Waals surface area contributed by atoms with Crippen molar-refractivity contribution in [3.8, 4) is 5.75 Å². The second kappa shape index (κ2) is 6.25. The van der Waals surface area contributed by atoms with Gasteiger partial charge in [-0.1, -0.05) is 12.1 Å². The van der Waals surface area contributed by atoms with Crippen molar-refractivity contribution >= 4 is 5.97 Å². The van der Waals surface area contributed by atoms with E-state index in [1.54, 1.807) is 19.0 Å². The molecule has 0 aliphatic rings. The molecule has 1 aromatic rings. The average molecular weight is 237 g/mol. The summed E-state index contributed by atoms with van der Waals surface area (Å²) in [5.41, 5.74) is 0.995. The van der Waals surface area contributed by atoms with Gasteiger partial charge < -0.3 is 9.84 Å². The number of hydrogen-bond donors (Lipinski definition) is 1. The van der Waals surface area contributed by atoms with Gasteiger partial charge in [0.05, 0.1) is 6.61 Å². The van der Waals surface area contributed by atoms with Crippen LogP contribution in [0.1, 0.15) is 12.5 Å². The summed E-state index contributed by atoms with van der Waals surface area (Å²) in [5.74, 6) is 0.0110. The summed E-state index contributed by atoms with van der Waals surface area (Å²) in [6.45, 7) is 2.56. The lowest BCUT2D eigenvalue weighted by Crippen LogP contribution is -2.37. The monoisotopic (exact) mass is 237 g/mol. The smallest absolute Gasteiger partial charge is 0.321 e. The Morgan fingerprint density at radius 2 is 1.94 bits per heavy atom. The van der Waals surface area contributed by atoms with Crippen molar-refractivity contribution in [2.24, 2.45) is 0 Å². The number of likely N-dealkylation sites (N-methyl/N-ethyl adjacent to an activating group) is 1. The molecular weight excluding hydrogens is 218 g/mol. The number of hydrogen-bond acceptors (Lipinski definition) is 3. The minimum absolute atomic E-state index is 0.493. The van der Waals surface area contributed by atoms with Gasteiger partial charge in [0, 0.05) is 0 Å². The number of benzene rings is 1. The Morgan fingerprint density at radius 3 is 2.35 bits per heavy atom. The number of carboxylic acids is 1. The minimum Gasteiger partial charge on any atom is -0.494 e. The molecule has 0 fully saturated rings. The standard InChI is InChI=1S/C13H19NO3/c1-4-17-11-7-5-10(6-8-11)9-12(13(15)16)14(2)3/h5-8,12H,4,9H2,1-3H3,(H,15,16)/t12-/m1/s1. The molecule has 0 radical (unpaired) electrons. The summed E-state index contributed by atoms with van der Waals surface area (Å²) in [6, 6.07) is 7.06. The Morgan fingerprint density at radius 1 is 1.35 bits per heavy atom. The van der Waals surface area contributed by atoms with Gasteiger partial charge in [0.15, 0.2) is 0 Å². The van der Waals surface area contributed by atoms with E-state index in [0.717, 1.165) is 11.3 Å². The Labute approximate surface area is 102 Å². The molecule has 0 amide bonds. The van der Waals surface area contributed by atoms with E-state index >= 15 is 0 Å². The zero-order valence-corrected chi connectivity index (χ0v) is 10.5. The van der Waals surface area contributed by atoms with Gasteiger partial charge >= 0.3 is 5.97 Å². The molecule has 0 aromatic heterocycles. The maximum Gasteiger partial charge on any atom is 0.321 e. The first kappa shape index (κ1) is 13.5. The molecule has 0 heterocycles. The van der Waals surface area contributed by atoms with Crippen LogP contribution >= 0.6 is 0 Å². The molecule has 1 aromatic carbocycles. The van der Waals surface area contributed by atoms with Crippen LogP contribution in [-0.4, -0.2) is 42.7 Å². The highest BCUT2D eigenvalue weighted by molar-refractivity contribution is 5.73. The summed E-state index contributed by atoms with van der Waals surface area (Å²) in [4.78, 5) is 12.8. The number of nitrogens with zero attached hydrogens (tertiary/aromatic N) is 1. The fourth-order valence-corrected chi connectivity index (χ4v) is 1.60. The minimum atomic E-state index is -0.802. The molecule has 17 heavy (non-hydrogen) atoms. The normalized spacial score (nSPS) is 12.5. The number of carbonyl (C=O) groups is 1. The van der Waals surface area contributed by atoms with E-state index in [-0.39, 0.29) is 0 Å². The van der Waals surface area contributed by atoms with Gasteiger partial charge in [-0.25, -0.2) is 0 Å². The van der Waals surface area contributed by atoms with Crippen LogP contribution in [0.3, 0.4) is 0 Å². The first-order valence-corrected chi connectivity index (χ1v) is 5.65. The van der Waals surface area contributed by atoms with E-state index in [1.165, 1.54) is 0 Å². The van der Waals surface area contributed by atoms with Crippen LogP contribution in [0.15, 0.2) is 24.3 Å². The highest BCUT2D eigenvalue weighted by atomic mass is 16.5. The van der Waals surface area contributed by atoms with E-state index in [4.69, 9.17) is 9.84 Å². The van der Waals surface area contributed by atoms with Gasteiger partial charge in [0.1, 0.15) is 11.8 Å².